The van der Waals surface area contributed by atoms with Gasteiger partial charge in [-0.05, 0) is 25.5 Å². The summed E-state index contributed by atoms with van der Waals surface area (Å²) < 4.78 is 0. The van der Waals surface area contributed by atoms with Crippen LogP contribution in [0.2, 0.25) is 0 Å². The first-order valence-corrected chi connectivity index (χ1v) is 5.21. The molecule has 78 valence electrons. The van der Waals surface area contributed by atoms with Crippen LogP contribution in [0.25, 0.3) is 10.9 Å². The first kappa shape index (κ1) is 10.2. The van der Waals surface area contributed by atoms with Crippen molar-refractivity contribution in [3.63, 3.8) is 0 Å². The van der Waals surface area contributed by atoms with Crippen LogP contribution in [0.4, 0.5) is 0 Å². The molecule has 15 heavy (non-hydrogen) atoms. The highest BCUT2D eigenvalue weighted by atomic mass is 35.5. The lowest BCUT2D eigenvalue weighted by Crippen LogP contribution is -2.13. The van der Waals surface area contributed by atoms with Gasteiger partial charge < -0.3 is 4.98 Å². The van der Waals surface area contributed by atoms with Gasteiger partial charge in [0, 0.05) is 22.8 Å². The molecule has 0 aliphatic rings. The van der Waals surface area contributed by atoms with Crippen LogP contribution in [0.5, 0.6) is 0 Å². The standard InChI is InChI=1S/C11H11ClN2O/c1-6-3-10-9(5-13-6)7(2)8(4-12)11(15)14-10/h3,5H,4H2,1-2H3,(H,14,15). The summed E-state index contributed by atoms with van der Waals surface area (Å²) in [5.41, 5.74) is 3.13. The number of H-pyrrole nitrogens is 1. The average Bonchev–Trinajstić information content (AvgIpc) is 2.17. The van der Waals surface area contributed by atoms with E-state index in [1.54, 1.807) is 6.20 Å². The van der Waals surface area contributed by atoms with E-state index in [4.69, 9.17) is 11.6 Å². The maximum absolute atomic E-state index is 11.6. The lowest BCUT2D eigenvalue weighted by atomic mass is 10.1. The third kappa shape index (κ3) is 1.63. The van der Waals surface area contributed by atoms with E-state index < -0.39 is 0 Å². The Morgan fingerprint density at radius 1 is 1.47 bits per heavy atom. The second kappa shape index (κ2) is 3.66. The van der Waals surface area contributed by atoms with E-state index in [0.29, 0.717) is 5.56 Å². The van der Waals surface area contributed by atoms with Gasteiger partial charge >= 0.3 is 0 Å². The van der Waals surface area contributed by atoms with Crippen molar-refractivity contribution in [2.24, 2.45) is 0 Å². The number of halogens is 1. The summed E-state index contributed by atoms with van der Waals surface area (Å²) in [6.07, 6.45) is 1.77. The molecule has 2 aromatic rings. The zero-order valence-electron chi connectivity index (χ0n) is 8.60. The fourth-order valence-corrected chi connectivity index (χ4v) is 1.98. The number of rotatable bonds is 1. The highest BCUT2D eigenvalue weighted by molar-refractivity contribution is 6.17. The number of fused-ring (bicyclic) bond motifs is 1. The fourth-order valence-electron chi connectivity index (χ4n) is 1.65. The van der Waals surface area contributed by atoms with Gasteiger partial charge in [-0.2, -0.15) is 0 Å². The van der Waals surface area contributed by atoms with E-state index in [2.05, 4.69) is 9.97 Å². The molecule has 0 saturated heterocycles. The van der Waals surface area contributed by atoms with E-state index in [0.717, 1.165) is 22.2 Å². The van der Waals surface area contributed by atoms with Crippen molar-refractivity contribution in [3.05, 3.63) is 39.4 Å². The van der Waals surface area contributed by atoms with Gasteiger partial charge in [-0.25, -0.2) is 0 Å². The number of hydrogen-bond acceptors (Lipinski definition) is 2. The molecular weight excluding hydrogens is 212 g/mol. The second-order valence-electron chi connectivity index (χ2n) is 3.56. The Hall–Kier alpha value is -1.35. The minimum Gasteiger partial charge on any atom is -0.322 e. The Balaban J connectivity index is 2.91. The maximum Gasteiger partial charge on any atom is 0.253 e. The van der Waals surface area contributed by atoms with Gasteiger partial charge in [0.25, 0.3) is 5.56 Å². The first-order valence-electron chi connectivity index (χ1n) is 4.67. The zero-order chi connectivity index (χ0) is 11.0. The lowest BCUT2D eigenvalue weighted by molar-refractivity contribution is 1.15. The molecule has 1 N–H and O–H groups in total. The van der Waals surface area contributed by atoms with Crippen LogP contribution in [-0.2, 0) is 5.88 Å². The predicted molar refractivity (Wildman–Crippen MR) is 61.4 cm³/mol. The average molecular weight is 223 g/mol. The van der Waals surface area contributed by atoms with Crippen LogP contribution in [0, 0.1) is 13.8 Å². The summed E-state index contributed by atoms with van der Waals surface area (Å²) in [5, 5.41) is 0.954. The fraction of sp³-hybridized carbons (Fsp3) is 0.273. The van der Waals surface area contributed by atoms with Crippen molar-refractivity contribution in [2.45, 2.75) is 19.7 Å². The summed E-state index contributed by atoms with van der Waals surface area (Å²) in [4.78, 5) is 18.7. The van der Waals surface area contributed by atoms with Crippen LogP contribution in [0.1, 0.15) is 16.8 Å². The zero-order valence-corrected chi connectivity index (χ0v) is 9.35. The molecule has 0 radical (unpaired) electrons. The lowest BCUT2D eigenvalue weighted by Gasteiger charge is -2.06. The second-order valence-corrected chi connectivity index (χ2v) is 3.83. The van der Waals surface area contributed by atoms with Crippen molar-refractivity contribution < 1.29 is 0 Å². The molecule has 0 unspecified atom stereocenters. The van der Waals surface area contributed by atoms with Crippen LogP contribution >= 0.6 is 11.6 Å². The number of nitrogens with one attached hydrogen (secondary N) is 1. The number of nitrogens with zero attached hydrogens (tertiary/aromatic N) is 1. The number of aromatic amines is 1. The van der Waals surface area contributed by atoms with Gasteiger partial charge in [0.05, 0.1) is 11.4 Å². The Labute approximate surface area is 92.1 Å². The summed E-state index contributed by atoms with van der Waals surface area (Å²) in [7, 11) is 0. The Morgan fingerprint density at radius 3 is 2.87 bits per heavy atom. The molecule has 4 heteroatoms. The van der Waals surface area contributed by atoms with Crippen molar-refractivity contribution in [1.29, 1.82) is 0 Å². The number of aryl methyl sites for hydroxylation is 2. The van der Waals surface area contributed by atoms with Gasteiger partial charge in [-0.3, -0.25) is 9.78 Å². The molecule has 2 heterocycles. The number of hydrogen-bond donors (Lipinski definition) is 1. The quantitative estimate of drug-likeness (QED) is 0.753. The van der Waals surface area contributed by atoms with Crippen LogP contribution in [0.3, 0.4) is 0 Å². The Bertz CT molecular complexity index is 575. The molecule has 0 amide bonds. The molecular formula is C11H11ClN2O. The van der Waals surface area contributed by atoms with Gasteiger partial charge in [-0.1, -0.05) is 0 Å². The van der Waals surface area contributed by atoms with Crippen LogP contribution in [0.15, 0.2) is 17.1 Å². The summed E-state index contributed by atoms with van der Waals surface area (Å²) in [5.74, 6) is 0.227. The third-order valence-corrected chi connectivity index (χ3v) is 2.82. The molecule has 0 aliphatic carbocycles. The molecule has 2 rings (SSSR count). The van der Waals surface area contributed by atoms with E-state index in [1.807, 2.05) is 19.9 Å². The molecule has 2 aromatic heterocycles. The van der Waals surface area contributed by atoms with Crippen LogP contribution in [-0.4, -0.2) is 9.97 Å². The molecule has 0 atom stereocenters. The molecule has 0 spiro atoms. The molecule has 0 aromatic carbocycles. The van der Waals surface area contributed by atoms with E-state index in [1.165, 1.54) is 0 Å². The largest absolute Gasteiger partial charge is 0.322 e. The smallest absolute Gasteiger partial charge is 0.253 e. The van der Waals surface area contributed by atoms with E-state index in [-0.39, 0.29) is 11.4 Å². The minimum absolute atomic E-state index is 0.111. The van der Waals surface area contributed by atoms with Crippen molar-refractivity contribution >= 4 is 22.5 Å². The summed E-state index contributed by atoms with van der Waals surface area (Å²) in [6, 6.07) is 1.86. The summed E-state index contributed by atoms with van der Waals surface area (Å²) in [6.45, 7) is 3.79. The minimum atomic E-state index is -0.111. The van der Waals surface area contributed by atoms with E-state index in [9.17, 15) is 4.79 Å². The predicted octanol–water partition coefficient (Wildman–Crippen LogP) is 2.28. The number of alkyl halides is 1. The molecule has 0 saturated carbocycles. The maximum atomic E-state index is 11.6. The van der Waals surface area contributed by atoms with Gasteiger partial charge in [0.1, 0.15) is 0 Å². The Kier molecular flexibility index (Phi) is 2.49. The monoisotopic (exact) mass is 222 g/mol. The first-order chi connectivity index (χ1) is 7.13. The molecule has 0 aliphatic heterocycles. The third-order valence-electron chi connectivity index (χ3n) is 2.55. The number of pyridine rings is 2. The normalized spacial score (nSPS) is 10.9. The topological polar surface area (TPSA) is 45.8 Å². The molecule has 0 bridgehead atoms. The highest BCUT2D eigenvalue weighted by Gasteiger charge is 2.08. The Morgan fingerprint density at radius 2 is 2.20 bits per heavy atom. The number of aromatic nitrogens is 2. The van der Waals surface area contributed by atoms with Crippen LogP contribution < -0.4 is 5.56 Å². The summed E-state index contributed by atoms with van der Waals surface area (Å²) >= 11 is 5.73. The van der Waals surface area contributed by atoms with Gasteiger partial charge in [-0.15, -0.1) is 11.6 Å². The van der Waals surface area contributed by atoms with Crippen molar-refractivity contribution in [1.82, 2.24) is 9.97 Å². The van der Waals surface area contributed by atoms with Gasteiger partial charge in [0.2, 0.25) is 0 Å². The van der Waals surface area contributed by atoms with Crippen molar-refractivity contribution in [3.8, 4) is 0 Å². The SMILES string of the molecule is Cc1cc2[nH]c(=O)c(CCl)c(C)c2cn1. The molecule has 3 nitrogen and oxygen atoms in total. The van der Waals surface area contributed by atoms with Gasteiger partial charge in [0.15, 0.2) is 0 Å². The molecule has 0 fully saturated rings. The van der Waals surface area contributed by atoms with Crippen molar-refractivity contribution in [2.75, 3.05) is 0 Å². The highest BCUT2D eigenvalue weighted by Crippen LogP contribution is 2.17. The van der Waals surface area contributed by atoms with E-state index >= 15 is 0 Å².